The predicted molar refractivity (Wildman–Crippen MR) is 135 cm³/mol. The van der Waals surface area contributed by atoms with Gasteiger partial charge < -0.3 is 20.7 Å². The van der Waals surface area contributed by atoms with Gasteiger partial charge in [-0.15, -0.1) is 24.0 Å². The molecule has 0 aliphatic carbocycles. The van der Waals surface area contributed by atoms with E-state index in [0.29, 0.717) is 13.2 Å². The summed E-state index contributed by atoms with van der Waals surface area (Å²) in [6.07, 6.45) is 5.32. The van der Waals surface area contributed by atoms with E-state index in [4.69, 9.17) is 9.73 Å². The number of guanidine groups is 1. The first-order valence-electron chi connectivity index (χ1n) is 10.8. The van der Waals surface area contributed by atoms with Crippen LogP contribution in [0.1, 0.15) is 45.1 Å². The van der Waals surface area contributed by atoms with E-state index in [1.54, 1.807) is 7.11 Å². The Labute approximate surface area is 194 Å². The van der Waals surface area contributed by atoms with Crippen LogP contribution in [-0.2, 0) is 11.3 Å². The lowest BCUT2D eigenvalue weighted by Crippen LogP contribution is -2.45. The lowest BCUT2D eigenvalue weighted by atomic mass is 10.0. The molecule has 1 unspecified atom stereocenters. The van der Waals surface area contributed by atoms with Crippen LogP contribution in [0.4, 0.5) is 5.69 Å². The number of piperidine rings is 1. The van der Waals surface area contributed by atoms with E-state index < -0.39 is 0 Å². The number of halogens is 1. The molecule has 29 heavy (non-hydrogen) atoms. The number of anilines is 1. The van der Waals surface area contributed by atoms with Crippen molar-refractivity contribution in [2.45, 2.75) is 52.1 Å². The molecule has 0 aromatic heterocycles. The quantitative estimate of drug-likeness (QED) is 0.181. The zero-order valence-electron chi connectivity index (χ0n) is 18.4. The highest BCUT2D eigenvalue weighted by molar-refractivity contribution is 14.0. The molecular weight excluding hydrogens is 477 g/mol. The maximum atomic E-state index is 5.06. The molecule has 1 aromatic rings. The molecule has 166 valence electrons. The van der Waals surface area contributed by atoms with Crippen LogP contribution in [0, 0.1) is 0 Å². The van der Waals surface area contributed by atoms with Crippen LogP contribution in [0.5, 0.6) is 0 Å². The first-order chi connectivity index (χ1) is 13.8. The van der Waals surface area contributed by atoms with Crippen molar-refractivity contribution < 1.29 is 4.74 Å². The lowest BCUT2D eigenvalue weighted by Gasteiger charge is -2.35. The molecule has 6 nitrogen and oxygen atoms in total. The Hall–Kier alpha value is -1.06. The topological polar surface area (TPSA) is 60.9 Å². The first kappa shape index (κ1) is 26.0. The number of nitrogens with one attached hydrogen (secondary N) is 3. The van der Waals surface area contributed by atoms with E-state index in [0.717, 1.165) is 43.9 Å². The van der Waals surface area contributed by atoms with Crippen LogP contribution in [0.2, 0.25) is 0 Å². The van der Waals surface area contributed by atoms with Crippen LogP contribution in [-0.4, -0.2) is 63.3 Å². The fourth-order valence-electron chi connectivity index (χ4n) is 3.67. The van der Waals surface area contributed by atoms with Gasteiger partial charge in [-0.25, -0.2) is 4.99 Å². The Morgan fingerprint density at radius 3 is 2.62 bits per heavy atom. The molecule has 3 N–H and O–H groups in total. The number of benzene rings is 1. The fraction of sp³-hybridized carbons (Fsp3) is 0.682. The van der Waals surface area contributed by atoms with Crippen molar-refractivity contribution in [2.24, 2.45) is 4.99 Å². The third-order valence-electron chi connectivity index (χ3n) is 5.26. The molecule has 1 fully saturated rings. The summed E-state index contributed by atoms with van der Waals surface area (Å²) in [5.74, 6) is 0.898. The summed E-state index contributed by atoms with van der Waals surface area (Å²) in [6, 6.07) is 9.21. The molecule has 1 heterocycles. The molecule has 1 saturated heterocycles. The molecule has 0 radical (unpaired) electrons. The molecule has 0 spiro atoms. The summed E-state index contributed by atoms with van der Waals surface area (Å²) in [6.45, 7) is 10.7. The van der Waals surface area contributed by atoms with Crippen LogP contribution in [0.25, 0.3) is 0 Å². The Balaban J connectivity index is 0.00000420. The number of hydrogen-bond donors (Lipinski definition) is 3. The van der Waals surface area contributed by atoms with Crippen LogP contribution in [0.15, 0.2) is 29.3 Å². The smallest absolute Gasteiger partial charge is 0.191 e. The summed E-state index contributed by atoms with van der Waals surface area (Å²) in [4.78, 5) is 7.38. The highest BCUT2D eigenvalue weighted by atomic mass is 127. The van der Waals surface area contributed by atoms with Gasteiger partial charge in [0.2, 0.25) is 0 Å². The second-order valence-electron chi connectivity index (χ2n) is 7.33. The normalized spacial score (nSPS) is 17.5. The fourth-order valence-corrected chi connectivity index (χ4v) is 3.67. The second kappa shape index (κ2) is 15.7. The standard InChI is InChI=1S/C22H39N5O.HI/c1-4-21-8-6-7-15-27(21)16-13-25-22(23-5-2)26-18-19-9-11-20(12-10-19)24-14-17-28-3;/h9-12,21,24H,4-8,13-18H2,1-3H3,(H2,23,25,26);1H. The van der Waals surface area contributed by atoms with Gasteiger partial charge in [0.15, 0.2) is 5.96 Å². The summed E-state index contributed by atoms with van der Waals surface area (Å²) in [5.41, 5.74) is 2.32. The van der Waals surface area contributed by atoms with Gasteiger partial charge in [0.1, 0.15) is 0 Å². The van der Waals surface area contributed by atoms with E-state index in [2.05, 4.69) is 59.0 Å². The molecule has 0 saturated carbocycles. The molecule has 1 atom stereocenters. The van der Waals surface area contributed by atoms with E-state index >= 15 is 0 Å². The minimum Gasteiger partial charge on any atom is -0.383 e. The number of rotatable bonds is 11. The largest absolute Gasteiger partial charge is 0.383 e. The Morgan fingerprint density at radius 2 is 1.93 bits per heavy atom. The SMILES string of the molecule is CCNC(=NCc1ccc(NCCOC)cc1)NCCN1CCCCC1CC.I. The minimum absolute atomic E-state index is 0. The van der Waals surface area contributed by atoms with Crippen molar-refractivity contribution in [1.29, 1.82) is 0 Å². The predicted octanol–water partition coefficient (Wildman–Crippen LogP) is 3.68. The molecule has 1 aromatic carbocycles. The van der Waals surface area contributed by atoms with Crippen molar-refractivity contribution in [3.8, 4) is 0 Å². The van der Waals surface area contributed by atoms with Gasteiger partial charge in [0, 0.05) is 45.0 Å². The van der Waals surface area contributed by atoms with Gasteiger partial charge in [-0.05, 0) is 50.4 Å². The molecule has 2 rings (SSSR count). The Bertz CT molecular complexity index is 567. The highest BCUT2D eigenvalue weighted by Gasteiger charge is 2.19. The molecular formula is C22H40IN5O. The van der Waals surface area contributed by atoms with Gasteiger partial charge >= 0.3 is 0 Å². The van der Waals surface area contributed by atoms with Crippen molar-refractivity contribution in [1.82, 2.24) is 15.5 Å². The Kier molecular flexibility index (Phi) is 14.1. The average Bonchev–Trinajstić information content (AvgIpc) is 2.73. The second-order valence-corrected chi connectivity index (χ2v) is 7.33. The van der Waals surface area contributed by atoms with Gasteiger partial charge in [-0.3, -0.25) is 4.90 Å². The van der Waals surface area contributed by atoms with Crippen LogP contribution >= 0.6 is 24.0 Å². The summed E-state index contributed by atoms with van der Waals surface area (Å²) < 4.78 is 5.06. The molecule has 1 aliphatic rings. The zero-order chi connectivity index (χ0) is 20.0. The third-order valence-corrected chi connectivity index (χ3v) is 5.26. The van der Waals surface area contributed by atoms with E-state index in [-0.39, 0.29) is 24.0 Å². The number of likely N-dealkylation sites (tertiary alicyclic amines) is 1. The molecule has 1 aliphatic heterocycles. The average molecular weight is 518 g/mol. The maximum Gasteiger partial charge on any atom is 0.191 e. The number of nitrogens with zero attached hydrogens (tertiary/aromatic N) is 2. The maximum absolute atomic E-state index is 5.06. The third kappa shape index (κ3) is 10.00. The van der Waals surface area contributed by atoms with Crippen LogP contribution < -0.4 is 16.0 Å². The monoisotopic (exact) mass is 517 g/mol. The van der Waals surface area contributed by atoms with E-state index in [1.807, 2.05) is 0 Å². The van der Waals surface area contributed by atoms with Crippen molar-refractivity contribution in [3.05, 3.63) is 29.8 Å². The number of hydrogen-bond acceptors (Lipinski definition) is 4. The summed E-state index contributed by atoms with van der Waals surface area (Å²) >= 11 is 0. The van der Waals surface area contributed by atoms with Crippen LogP contribution in [0.3, 0.4) is 0 Å². The molecule has 7 heteroatoms. The number of aliphatic imine (C=N–C) groups is 1. The number of methoxy groups -OCH3 is 1. The van der Waals surface area contributed by atoms with Gasteiger partial charge in [-0.1, -0.05) is 25.5 Å². The summed E-state index contributed by atoms with van der Waals surface area (Å²) in [5, 5.41) is 10.2. The van der Waals surface area contributed by atoms with Gasteiger partial charge in [0.25, 0.3) is 0 Å². The lowest BCUT2D eigenvalue weighted by molar-refractivity contribution is 0.147. The summed E-state index contributed by atoms with van der Waals surface area (Å²) in [7, 11) is 1.72. The zero-order valence-corrected chi connectivity index (χ0v) is 20.7. The van der Waals surface area contributed by atoms with Gasteiger partial charge in [-0.2, -0.15) is 0 Å². The molecule has 0 bridgehead atoms. The minimum atomic E-state index is 0. The first-order valence-corrected chi connectivity index (χ1v) is 10.8. The highest BCUT2D eigenvalue weighted by Crippen LogP contribution is 2.18. The number of ether oxygens (including phenoxy) is 1. The Morgan fingerprint density at radius 1 is 1.14 bits per heavy atom. The van der Waals surface area contributed by atoms with Crippen molar-refractivity contribution in [3.63, 3.8) is 0 Å². The molecule has 0 amide bonds. The van der Waals surface area contributed by atoms with Crippen molar-refractivity contribution >= 4 is 35.6 Å². The van der Waals surface area contributed by atoms with E-state index in [9.17, 15) is 0 Å². The van der Waals surface area contributed by atoms with Crippen molar-refractivity contribution in [2.75, 3.05) is 51.8 Å². The van der Waals surface area contributed by atoms with E-state index in [1.165, 1.54) is 37.8 Å². The van der Waals surface area contributed by atoms with Gasteiger partial charge in [0.05, 0.1) is 13.2 Å².